The van der Waals surface area contributed by atoms with E-state index in [-0.39, 0.29) is 0 Å². The van der Waals surface area contributed by atoms with Crippen LogP contribution in [0.5, 0.6) is 0 Å². The molecule has 0 bridgehead atoms. The molecule has 7 aromatic carbocycles. The number of alkyl halides is 3. The zero-order valence-electron chi connectivity index (χ0n) is 31.1. The number of rotatable bonds is 4. The fourth-order valence-corrected chi connectivity index (χ4v) is 8.32. The number of nitrogens with zero attached hydrogens (tertiary/aromatic N) is 3. The predicted octanol–water partition coefficient (Wildman–Crippen LogP) is 14.3. The van der Waals surface area contributed by atoms with Gasteiger partial charge < -0.3 is 9.13 Å². The first-order valence-electron chi connectivity index (χ1n) is 18.3. The van der Waals surface area contributed by atoms with Crippen molar-refractivity contribution in [3.8, 4) is 33.6 Å². The van der Waals surface area contributed by atoms with Crippen molar-refractivity contribution in [2.45, 2.75) is 40.8 Å². The first kappa shape index (κ1) is 34.2. The molecule has 0 radical (unpaired) electrons. The minimum atomic E-state index is -4.52. The molecule has 268 valence electrons. The number of para-hydroxylation sites is 1. The van der Waals surface area contributed by atoms with Crippen molar-refractivity contribution in [1.82, 2.24) is 9.13 Å². The summed E-state index contributed by atoms with van der Waals surface area (Å²) >= 11 is 0. The van der Waals surface area contributed by atoms with Gasteiger partial charge in [-0.2, -0.15) is 13.2 Å². The van der Waals surface area contributed by atoms with Crippen LogP contribution in [-0.4, -0.2) is 9.13 Å². The van der Waals surface area contributed by atoms with Gasteiger partial charge in [-0.05, 0) is 122 Å². The molecule has 0 spiro atoms. The van der Waals surface area contributed by atoms with Crippen LogP contribution in [0.3, 0.4) is 0 Å². The second-order valence-electron chi connectivity index (χ2n) is 14.9. The first-order valence-corrected chi connectivity index (χ1v) is 18.3. The van der Waals surface area contributed by atoms with E-state index >= 15 is 0 Å². The molecule has 0 aliphatic carbocycles. The highest BCUT2D eigenvalue weighted by molar-refractivity contribution is 6.12. The lowest BCUT2D eigenvalue weighted by Gasteiger charge is -2.23. The first-order chi connectivity index (χ1) is 26.4. The minimum Gasteiger partial charge on any atom is -0.309 e. The Morgan fingerprint density at radius 3 is 1.45 bits per heavy atom. The molecule has 0 aliphatic rings. The van der Waals surface area contributed by atoms with Crippen molar-refractivity contribution in [1.29, 1.82) is 0 Å². The summed E-state index contributed by atoms with van der Waals surface area (Å²) in [6, 6.07) is 41.7. The highest BCUT2D eigenvalue weighted by Gasteiger charge is 2.32. The summed E-state index contributed by atoms with van der Waals surface area (Å²) in [7, 11) is 0. The molecule has 0 saturated heterocycles. The smallest absolute Gasteiger partial charge is 0.309 e. The average Bonchev–Trinajstić information content (AvgIpc) is 3.63. The van der Waals surface area contributed by atoms with Gasteiger partial charge in [0.15, 0.2) is 5.69 Å². The zero-order valence-corrected chi connectivity index (χ0v) is 31.1. The number of aromatic nitrogens is 2. The topological polar surface area (TPSA) is 14.2 Å². The van der Waals surface area contributed by atoms with Gasteiger partial charge in [0.05, 0.1) is 45.6 Å². The van der Waals surface area contributed by atoms with Gasteiger partial charge in [0, 0.05) is 32.7 Å². The quantitative estimate of drug-likeness (QED) is 0.161. The summed E-state index contributed by atoms with van der Waals surface area (Å²) in [6.45, 7) is 18.1. The Morgan fingerprint density at radius 1 is 0.473 bits per heavy atom. The normalized spacial score (nSPS) is 12.0. The molecule has 55 heavy (non-hydrogen) atoms. The molecule has 3 nitrogen and oxygen atoms in total. The van der Waals surface area contributed by atoms with Gasteiger partial charge in [0.2, 0.25) is 0 Å². The van der Waals surface area contributed by atoms with Crippen LogP contribution in [0.25, 0.3) is 82.1 Å². The average molecular weight is 724 g/mol. The summed E-state index contributed by atoms with van der Waals surface area (Å²) < 4.78 is 47.9. The summed E-state index contributed by atoms with van der Waals surface area (Å²) in [4.78, 5) is 3.89. The molecule has 0 aliphatic heterocycles. The fourth-order valence-electron chi connectivity index (χ4n) is 8.32. The van der Waals surface area contributed by atoms with E-state index in [2.05, 4.69) is 114 Å². The minimum absolute atomic E-state index is 0.463. The van der Waals surface area contributed by atoms with Crippen LogP contribution in [0.2, 0.25) is 0 Å². The van der Waals surface area contributed by atoms with E-state index in [1.54, 1.807) is 6.92 Å². The van der Waals surface area contributed by atoms with Gasteiger partial charge in [-0.25, -0.2) is 4.85 Å². The molecule has 0 N–H and O–H groups in total. The van der Waals surface area contributed by atoms with E-state index in [4.69, 9.17) is 6.57 Å². The molecular weight excluding hydrogens is 688 g/mol. The monoisotopic (exact) mass is 723 g/mol. The van der Waals surface area contributed by atoms with Gasteiger partial charge in [-0.15, -0.1) is 0 Å². The maximum Gasteiger partial charge on any atom is 0.416 e. The van der Waals surface area contributed by atoms with Gasteiger partial charge in [0.1, 0.15) is 0 Å². The Bertz CT molecular complexity index is 2980. The number of aryl methyl sites for hydroxylation is 5. The number of halogens is 3. The van der Waals surface area contributed by atoms with Crippen molar-refractivity contribution >= 4 is 49.3 Å². The second-order valence-corrected chi connectivity index (χ2v) is 14.9. The fraction of sp³-hybridized carbons (Fsp3) is 0.122. The van der Waals surface area contributed by atoms with Gasteiger partial charge in [-0.1, -0.05) is 78.9 Å². The van der Waals surface area contributed by atoms with E-state index in [1.165, 1.54) is 12.1 Å². The number of hydrogen-bond acceptors (Lipinski definition) is 0. The summed E-state index contributed by atoms with van der Waals surface area (Å²) in [5, 5.41) is 4.32. The lowest BCUT2D eigenvalue weighted by atomic mass is 9.92. The third-order valence-electron chi connectivity index (χ3n) is 10.8. The SMILES string of the molecule is [C-]#[N+]c1ccc(-n2c3cc(C)ccc3c3ccc(C)cc32)c(-c2cccc(-c3cc(C)cc(C(F)(F)F)c3)c2-n2c3cc(C)ccc3c3ccc(C)cc32)c1. The number of fused-ring (bicyclic) bond motifs is 6. The Balaban J connectivity index is 1.48. The van der Waals surface area contributed by atoms with Crippen LogP contribution in [0, 0.1) is 41.2 Å². The Morgan fingerprint density at radius 2 is 0.964 bits per heavy atom. The van der Waals surface area contributed by atoms with E-state index in [9.17, 15) is 13.2 Å². The van der Waals surface area contributed by atoms with Gasteiger partial charge in [0.25, 0.3) is 0 Å². The van der Waals surface area contributed by atoms with Gasteiger partial charge in [-0.3, -0.25) is 0 Å². The lowest BCUT2D eigenvalue weighted by Crippen LogP contribution is -2.07. The Labute approximate surface area is 317 Å². The van der Waals surface area contributed by atoms with Crippen molar-refractivity contribution in [2.24, 2.45) is 0 Å². The Kier molecular flexibility index (Phi) is 7.77. The molecule has 0 unspecified atom stereocenters. The molecule has 9 aromatic rings. The summed E-state index contributed by atoms with van der Waals surface area (Å²) in [5.41, 5.74) is 12.9. The van der Waals surface area contributed by atoms with E-state index in [0.717, 1.165) is 88.4 Å². The maximum absolute atomic E-state index is 14.5. The van der Waals surface area contributed by atoms with Crippen molar-refractivity contribution < 1.29 is 13.2 Å². The largest absolute Gasteiger partial charge is 0.416 e. The molecule has 0 saturated carbocycles. The standard InChI is InChI=1S/C49H36F3N3/c1-28-10-15-37-38-16-11-29(2)23-45(38)54(44(37)22-28)43-19-14-35(53-6)27-42(43)41-9-7-8-36(33-20-32(5)21-34(26-33)49(50,51)52)48(41)55-46-24-30(3)12-17-39(46)40-18-13-31(4)25-47(40)55/h7-27H,1-5H3. The van der Waals surface area contributed by atoms with Crippen molar-refractivity contribution in [2.75, 3.05) is 0 Å². The lowest BCUT2D eigenvalue weighted by molar-refractivity contribution is -0.137. The summed E-state index contributed by atoms with van der Waals surface area (Å²) in [5.74, 6) is 0. The van der Waals surface area contributed by atoms with Gasteiger partial charge >= 0.3 is 6.18 Å². The molecule has 2 aromatic heterocycles. The molecule has 0 atom stereocenters. The van der Waals surface area contributed by atoms with Crippen LogP contribution in [0.4, 0.5) is 18.9 Å². The molecular formula is C49H36F3N3. The van der Waals surface area contributed by atoms with E-state index in [1.807, 2.05) is 42.5 Å². The molecule has 2 heterocycles. The Hall–Kier alpha value is -6.58. The van der Waals surface area contributed by atoms with Crippen LogP contribution < -0.4 is 0 Å². The second kappa shape index (κ2) is 12.5. The van der Waals surface area contributed by atoms with Crippen molar-refractivity contribution in [3.05, 3.63) is 172 Å². The number of hydrogen-bond donors (Lipinski definition) is 0. The van der Waals surface area contributed by atoms with Crippen LogP contribution in [0.15, 0.2) is 127 Å². The third-order valence-corrected chi connectivity index (χ3v) is 10.8. The van der Waals surface area contributed by atoms with Crippen LogP contribution in [-0.2, 0) is 6.18 Å². The molecule has 0 amide bonds. The molecule has 0 fully saturated rings. The maximum atomic E-state index is 14.5. The predicted molar refractivity (Wildman–Crippen MR) is 221 cm³/mol. The highest BCUT2D eigenvalue weighted by Crippen LogP contribution is 2.46. The number of benzene rings is 7. The molecule has 6 heteroatoms. The van der Waals surface area contributed by atoms with Crippen LogP contribution >= 0.6 is 0 Å². The highest BCUT2D eigenvalue weighted by atomic mass is 19.4. The van der Waals surface area contributed by atoms with Crippen LogP contribution in [0.1, 0.15) is 33.4 Å². The van der Waals surface area contributed by atoms with E-state index < -0.39 is 11.7 Å². The molecule has 9 rings (SSSR count). The van der Waals surface area contributed by atoms with Crippen molar-refractivity contribution in [3.63, 3.8) is 0 Å². The zero-order chi connectivity index (χ0) is 38.3. The van der Waals surface area contributed by atoms with E-state index in [0.29, 0.717) is 22.4 Å². The third kappa shape index (κ3) is 5.58. The summed E-state index contributed by atoms with van der Waals surface area (Å²) in [6.07, 6.45) is -4.52.